The van der Waals surface area contributed by atoms with Crippen LogP contribution in [-0.2, 0) is 13.1 Å². The Morgan fingerprint density at radius 3 is 2.67 bits per heavy atom. The Labute approximate surface area is 128 Å². The van der Waals surface area contributed by atoms with Crippen molar-refractivity contribution in [3.63, 3.8) is 0 Å². The summed E-state index contributed by atoms with van der Waals surface area (Å²) in [4.78, 5) is 2.36. The van der Waals surface area contributed by atoms with E-state index in [2.05, 4.69) is 56.1 Å². The number of hydrogen-bond donors (Lipinski definition) is 1. The topological polar surface area (TPSA) is 28.4 Å². The summed E-state index contributed by atoms with van der Waals surface area (Å²) in [6.07, 6.45) is 1.74. The standard InChI is InChI=1S/C18H26N2O/c1-5-20(13-17-7-6-10-21-17)18-9-8-15(4)11-16(18)12-19-14(2)3/h6-11,14,19H,5,12-13H2,1-4H3. The van der Waals surface area contributed by atoms with Gasteiger partial charge < -0.3 is 14.6 Å². The second kappa shape index (κ2) is 7.32. The summed E-state index contributed by atoms with van der Waals surface area (Å²) >= 11 is 0. The van der Waals surface area contributed by atoms with Crippen molar-refractivity contribution < 1.29 is 4.42 Å². The van der Waals surface area contributed by atoms with Gasteiger partial charge in [-0.25, -0.2) is 0 Å². The van der Waals surface area contributed by atoms with Gasteiger partial charge in [0.05, 0.1) is 12.8 Å². The van der Waals surface area contributed by atoms with Gasteiger partial charge in [-0.15, -0.1) is 0 Å². The molecule has 3 heteroatoms. The molecule has 0 saturated heterocycles. The van der Waals surface area contributed by atoms with E-state index in [0.717, 1.165) is 25.4 Å². The van der Waals surface area contributed by atoms with Gasteiger partial charge >= 0.3 is 0 Å². The van der Waals surface area contributed by atoms with Crippen molar-refractivity contribution in [1.29, 1.82) is 0 Å². The van der Waals surface area contributed by atoms with Crippen LogP contribution in [0.15, 0.2) is 41.0 Å². The van der Waals surface area contributed by atoms with Gasteiger partial charge in [0.2, 0.25) is 0 Å². The molecule has 1 N–H and O–H groups in total. The molecule has 2 aromatic rings. The van der Waals surface area contributed by atoms with Crippen LogP contribution < -0.4 is 10.2 Å². The Morgan fingerprint density at radius 1 is 1.24 bits per heavy atom. The summed E-state index contributed by atoms with van der Waals surface area (Å²) in [5.74, 6) is 1.00. The summed E-state index contributed by atoms with van der Waals surface area (Å²) in [5, 5.41) is 3.52. The van der Waals surface area contributed by atoms with Gasteiger partial charge in [0, 0.05) is 24.8 Å². The molecule has 0 aliphatic rings. The molecule has 0 aliphatic heterocycles. The highest BCUT2D eigenvalue weighted by Gasteiger charge is 2.12. The fraction of sp³-hybridized carbons (Fsp3) is 0.444. The lowest BCUT2D eigenvalue weighted by Crippen LogP contribution is -2.26. The van der Waals surface area contributed by atoms with E-state index < -0.39 is 0 Å². The van der Waals surface area contributed by atoms with Crippen molar-refractivity contribution in [3.05, 3.63) is 53.5 Å². The number of hydrogen-bond acceptors (Lipinski definition) is 3. The Kier molecular flexibility index (Phi) is 5.45. The maximum absolute atomic E-state index is 5.49. The fourth-order valence-electron chi connectivity index (χ4n) is 2.44. The van der Waals surface area contributed by atoms with Gasteiger partial charge in [-0.05, 0) is 37.6 Å². The Bertz CT molecular complexity index is 546. The van der Waals surface area contributed by atoms with Gasteiger partial charge in [0.15, 0.2) is 0 Å². The summed E-state index contributed by atoms with van der Waals surface area (Å²) in [7, 11) is 0. The first-order chi connectivity index (χ1) is 10.1. The monoisotopic (exact) mass is 286 g/mol. The van der Waals surface area contributed by atoms with E-state index in [9.17, 15) is 0 Å². The molecule has 114 valence electrons. The van der Waals surface area contributed by atoms with Crippen LogP contribution in [0.4, 0.5) is 5.69 Å². The van der Waals surface area contributed by atoms with Crippen LogP contribution in [0, 0.1) is 6.92 Å². The average molecular weight is 286 g/mol. The number of nitrogens with one attached hydrogen (secondary N) is 1. The van der Waals surface area contributed by atoms with Gasteiger partial charge in [-0.1, -0.05) is 31.5 Å². The van der Waals surface area contributed by atoms with Crippen LogP contribution in [0.3, 0.4) is 0 Å². The summed E-state index contributed by atoms with van der Waals surface area (Å²) < 4.78 is 5.49. The minimum atomic E-state index is 0.485. The lowest BCUT2D eigenvalue weighted by molar-refractivity contribution is 0.503. The summed E-state index contributed by atoms with van der Waals surface area (Å²) in [5.41, 5.74) is 3.93. The molecule has 1 aromatic carbocycles. The molecule has 0 saturated carbocycles. The van der Waals surface area contributed by atoms with Crippen LogP contribution in [0.25, 0.3) is 0 Å². The number of nitrogens with zero attached hydrogens (tertiary/aromatic N) is 1. The van der Waals surface area contributed by atoms with Crippen molar-refractivity contribution in [2.45, 2.75) is 46.8 Å². The lowest BCUT2D eigenvalue weighted by atomic mass is 10.1. The molecule has 0 amide bonds. The van der Waals surface area contributed by atoms with E-state index in [1.165, 1.54) is 16.8 Å². The third kappa shape index (κ3) is 4.36. The molecular weight excluding hydrogens is 260 g/mol. The van der Waals surface area contributed by atoms with Crippen LogP contribution >= 0.6 is 0 Å². The maximum Gasteiger partial charge on any atom is 0.123 e. The molecular formula is C18H26N2O. The third-order valence-electron chi connectivity index (χ3n) is 3.58. The van der Waals surface area contributed by atoms with Crippen molar-refractivity contribution in [2.75, 3.05) is 11.4 Å². The zero-order valence-corrected chi connectivity index (χ0v) is 13.5. The van der Waals surface area contributed by atoms with E-state index in [4.69, 9.17) is 4.42 Å². The first-order valence-electron chi connectivity index (χ1n) is 7.70. The second-order valence-corrected chi connectivity index (χ2v) is 5.76. The minimum absolute atomic E-state index is 0.485. The molecule has 0 unspecified atom stereocenters. The van der Waals surface area contributed by atoms with E-state index in [0.29, 0.717) is 6.04 Å². The molecule has 0 atom stereocenters. The summed E-state index contributed by atoms with van der Waals surface area (Å²) in [6.45, 7) is 11.3. The largest absolute Gasteiger partial charge is 0.467 e. The Balaban J connectivity index is 2.22. The Hall–Kier alpha value is -1.74. The van der Waals surface area contributed by atoms with Crippen molar-refractivity contribution in [3.8, 4) is 0 Å². The number of anilines is 1. The van der Waals surface area contributed by atoms with E-state index in [1.807, 2.05) is 12.1 Å². The molecule has 21 heavy (non-hydrogen) atoms. The third-order valence-corrected chi connectivity index (χ3v) is 3.58. The molecule has 0 fully saturated rings. The molecule has 0 radical (unpaired) electrons. The smallest absolute Gasteiger partial charge is 0.123 e. The number of furan rings is 1. The fourth-order valence-corrected chi connectivity index (χ4v) is 2.44. The van der Waals surface area contributed by atoms with E-state index in [-0.39, 0.29) is 0 Å². The van der Waals surface area contributed by atoms with Gasteiger partial charge in [0.25, 0.3) is 0 Å². The van der Waals surface area contributed by atoms with Gasteiger partial charge in [-0.3, -0.25) is 0 Å². The predicted octanol–water partition coefficient (Wildman–Crippen LogP) is 4.11. The van der Waals surface area contributed by atoms with Gasteiger partial charge in [0.1, 0.15) is 5.76 Å². The van der Waals surface area contributed by atoms with Gasteiger partial charge in [-0.2, -0.15) is 0 Å². The number of aryl methyl sites for hydroxylation is 1. The molecule has 2 rings (SSSR count). The Morgan fingerprint density at radius 2 is 2.05 bits per heavy atom. The quantitative estimate of drug-likeness (QED) is 0.830. The lowest BCUT2D eigenvalue weighted by Gasteiger charge is -2.26. The summed E-state index contributed by atoms with van der Waals surface area (Å²) in [6, 6.07) is 11.1. The molecule has 3 nitrogen and oxygen atoms in total. The van der Waals surface area contributed by atoms with Crippen molar-refractivity contribution in [2.24, 2.45) is 0 Å². The maximum atomic E-state index is 5.49. The van der Waals surface area contributed by atoms with Crippen LogP contribution in [0.2, 0.25) is 0 Å². The average Bonchev–Trinajstić information content (AvgIpc) is 2.96. The zero-order chi connectivity index (χ0) is 15.2. The molecule has 1 heterocycles. The van der Waals surface area contributed by atoms with Crippen molar-refractivity contribution in [1.82, 2.24) is 5.32 Å². The molecule has 0 bridgehead atoms. The first kappa shape index (κ1) is 15.6. The first-order valence-corrected chi connectivity index (χ1v) is 7.70. The SMILES string of the molecule is CCN(Cc1ccco1)c1ccc(C)cc1CNC(C)C. The highest BCUT2D eigenvalue weighted by Crippen LogP contribution is 2.24. The van der Waals surface area contributed by atoms with E-state index in [1.54, 1.807) is 6.26 Å². The number of benzene rings is 1. The molecule has 1 aromatic heterocycles. The molecule has 0 aliphatic carbocycles. The van der Waals surface area contributed by atoms with Crippen molar-refractivity contribution >= 4 is 5.69 Å². The highest BCUT2D eigenvalue weighted by atomic mass is 16.3. The second-order valence-electron chi connectivity index (χ2n) is 5.76. The normalized spacial score (nSPS) is 11.1. The van der Waals surface area contributed by atoms with Crippen LogP contribution in [0.1, 0.15) is 37.7 Å². The van der Waals surface area contributed by atoms with Crippen LogP contribution in [0.5, 0.6) is 0 Å². The number of rotatable bonds is 7. The van der Waals surface area contributed by atoms with E-state index >= 15 is 0 Å². The molecule has 0 spiro atoms. The van der Waals surface area contributed by atoms with Crippen LogP contribution in [-0.4, -0.2) is 12.6 Å². The minimum Gasteiger partial charge on any atom is -0.467 e. The predicted molar refractivity (Wildman–Crippen MR) is 88.6 cm³/mol. The zero-order valence-electron chi connectivity index (χ0n) is 13.5. The highest BCUT2D eigenvalue weighted by molar-refractivity contribution is 5.55.